The Bertz CT molecular complexity index is 794. The van der Waals surface area contributed by atoms with E-state index in [1.807, 2.05) is 0 Å². The molecule has 7 nitrogen and oxygen atoms in total. The van der Waals surface area contributed by atoms with Crippen LogP contribution in [0.5, 0.6) is 0 Å². The van der Waals surface area contributed by atoms with E-state index >= 15 is 0 Å². The Balaban J connectivity index is 2.40. The molecule has 0 spiro atoms. The highest BCUT2D eigenvalue weighted by atomic mass is 35.5. The zero-order chi connectivity index (χ0) is 17.7. The van der Waals surface area contributed by atoms with Crippen LogP contribution in [-0.2, 0) is 11.2 Å². The van der Waals surface area contributed by atoms with Gasteiger partial charge in [0, 0.05) is 23.1 Å². The summed E-state index contributed by atoms with van der Waals surface area (Å²) in [7, 11) is 0. The Hall–Kier alpha value is -2.80. The third-order valence-electron chi connectivity index (χ3n) is 3.64. The van der Waals surface area contributed by atoms with E-state index in [1.165, 1.54) is 12.1 Å². The smallest absolute Gasteiger partial charge is 0.279 e. The molecule has 0 bridgehead atoms. The van der Waals surface area contributed by atoms with Crippen molar-refractivity contribution < 1.29 is 14.6 Å². The Kier molecular flexibility index (Phi) is 5.59. The second kappa shape index (κ2) is 7.65. The molecule has 2 aromatic carbocycles. The van der Waals surface area contributed by atoms with Crippen LogP contribution in [0.3, 0.4) is 0 Å². The van der Waals surface area contributed by atoms with E-state index in [0.717, 1.165) is 17.9 Å². The number of nitrogens with zero attached hydrogens (tertiary/aromatic N) is 2. The summed E-state index contributed by atoms with van der Waals surface area (Å²) in [6.45, 7) is 0. The first-order chi connectivity index (χ1) is 11.4. The van der Waals surface area contributed by atoms with Crippen LogP contribution in [0.25, 0.3) is 0 Å². The minimum absolute atomic E-state index is 0.161. The van der Waals surface area contributed by atoms with Gasteiger partial charge in [-0.2, -0.15) is 0 Å². The molecule has 0 fully saturated rings. The number of non-ortho nitro benzene ring substituents is 1. The van der Waals surface area contributed by atoms with Crippen LogP contribution in [0.4, 0.5) is 11.4 Å². The molecular weight excluding hydrogens is 336 g/mol. The van der Waals surface area contributed by atoms with Crippen LogP contribution < -0.4 is 0 Å². The molecule has 0 aliphatic rings. The zero-order valence-electron chi connectivity index (χ0n) is 12.4. The van der Waals surface area contributed by atoms with Crippen LogP contribution in [0.1, 0.15) is 23.5 Å². The van der Waals surface area contributed by atoms with Crippen molar-refractivity contribution in [2.45, 2.75) is 18.8 Å². The second-order valence-electron chi connectivity index (χ2n) is 5.19. The first-order valence-electron chi connectivity index (χ1n) is 7.03. The summed E-state index contributed by atoms with van der Waals surface area (Å²) in [5.41, 5.74) is 0.432. The molecule has 124 valence electrons. The van der Waals surface area contributed by atoms with Gasteiger partial charge in [-0.3, -0.25) is 20.2 Å². The fraction of sp³-hybridized carbons (Fsp3) is 0.188. The normalized spacial score (nSPS) is 11.7. The fourth-order valence-corrected chi connectivity index (χ4v) is 2.69. The first kappa shape index (κ1) is 17.6. The number of carbonyl (C=O) groups excluding carboxylic acids is 1. The van der Waals surface area contributed by atoms with Crippen molar-refractivity contribution in [3.05, 3.63) is 78.8 Å². The molecule has 0 saturated carbocycles. The average molecular weight is 349 g/mol. The maximum Gasteiger partial charge on any atom is 0.279 e. The van der Waals surface area contributed by atoms with E-state index in [2.05, 4.69) is 0 Å². The lowest BCUT2D eigenvalue weighted by atomic mass is 9.89. The Morgan fingerprint density at radius 2 is 1.83 bits per heavy atom. The molecule has 0 amide bonds. The summed E-state index contributed by atoms with van der Waals surface area (Å²) in [4.78, 5) is 31.6. The quantitative estimate of drug-likeness (QED) is 0.426. The van der Waals surface area contributed by atoms with Crippen molar-refractivity contribution in [3.63, 3.8) is 0 Å². The van der Waals surface area contributed by atoms with E-state index in [-0.39, 0.29) is 30.1 Å². The lowest BCUT2D eigenvalue weighted by Crippen LogP contribution is -2.06. The van der Waals surface area contributed by atoms with Gasteiger partial charge in [-0.1, -0.05) is 23.7 Å². The number of aldehydes is 1. The van der Waals surface area contributed by atoms with E-state index < -0.39 is 9.85 Å². The van der Waals surface area contributed by atoms with E-state index in [0.29, 0.717) is 10.6 Å². The lowest BCUT2D eigenvalue weighted by molar-refractivity contribution is -0.394. The molecule has 2 aromatic rings. The third-order valence-corrected chi connectivity index (χ3v) is 3.88. The predicted molar refractivity (Wildman–Crippen MR) is 88.3 cm³/mol. The minimum Gasteiger partial charge on any atom is -0.303 e. The summed E-state index contributed by atoms with van der Waals surface area (Å²) in [6.07, 6.45) is 1.10. The van der Waals surface area contributed by atoms with Crippen molar-refractivity contribution in [2.75, 3.05) is 0 Å². The van der Waals surface area contributed by atoms with Gasteiger partial charge in [0.2, 0.25) is 0 Å². The van der Waals surface area contributed by atoms with Crippen LogP contribution in [0.15, 0.2) is 42.5 Å². The number of halogens is 1. The molecule has 0 heterocycles. The lowest BCUT2D eigenvalue weighted by Gasteiger charge is -2.15. The van der Waals surface area contributed by atoms with Crippen molar-refractivity contribution in [1.82, 2.24) is 0 Å². The molecule has 0 aliphatic carbocycles. The predicted octanol–water partition coefficient (Wildman–Crippen LogP) is 4.07. The topological polar surface area (TPSA) is 103 Å². The maximum absolute atomic E-state index is 11.2. The molecule has 1 atom stereocenters. The summed E-state index contributed by atoms with van der Waals surface area (Å²) in [5, 5.41) is 22.5. The highest BCUT2D eigenvalue weighted by Gasteiger charge is 2.22. The summed E-state index contributed by atoms with van der Waals surface area (Å²) in [5.74, 6) is -0.304. The van der Waals surface area contributed by atoms with Crippen molar-refractivity contribution >= 4 is 29.3 Å². The number of hydrogen-bond acceptors (Lipinski definition) is 5. The molecule has 0 saturated heterocycles. The Morgan fingerprint density at radius 3 is 2.42 bits per heavy atom. The molecule has 0 radical (unpaired) electrons. The van der Waals surface area contributed by atoms with E-state index in [9.17, 15) is 25.0 Å². The van der Waals surface area contributed by atoms with Crippen molar-refractivity contribution in [2.24, 2.45) is 0 Å². The Morgan fingerprint density at radius 1 is 1.08 bits per heavy atom. The number of rotatable bonds is 7. The zero-order valence-corrected chi connectivity index (χ0v) is 13.2. The van der Waals surface area contributed by atoms with Gasteiger partial charge < -0.3 is 4.79 Å². The summed E-state index contributed by atoms with van der Waals surface area (Å²) >= 11 is 5.96. The minimum atomic E-state index is -0.684. The number of benzene rings is 2. The van der Waals surface area contributed by atoms with Crippen LogP contribution in [-0.4, -0.2) is 16.1 Å². The number of nitro groups is 2. The average Bonchev–Trinajstić information content (AvgIpc) is 2.54. The van der Waals surface area contributed by atoms with Crippen LogP contribution in [0.2, 0.25) is 5.02 Å². The molecular formula is C16H13ClN2O5. The first-order valence-corrected chi connectivity index (χ1v) is 7.41. The number of nitro benzene ring substituents is 2. The largest absolute Gasteiger partial charge is 0.303 e. The maximum atomic E-state index is 11.2. The van der Waals surface area contributed by atoms with E-state index in [4.69, 9.17) is 11.6 Å². The van der Waals surface area contributed by atoms with Gasteiger partial charge in [-0.25, -0.2) is 0 Å². The second-order valence-corrected chi connectivity index (χ2v) is 5.62. The van der Waals surface area contributed by atoms with Crippen molar-refractivity contribution in [1.29, 1.82) is 0 Å². The number of carbonyl (C=O) groups is 1. The van der Waals surface area contributed by atoms with Gasteiger partial charge in [0.15, 0.2) is 0 Å². The summed E-state index contributed by atoms with van der Waals surface area (Å²) < 4.78 is 0. The monoisotopic (exact) mass is 348 g/mol. The van der Waals surface area contributed by atoms with Gasteiger partial charge in [-0.15, -0.1) is 0 Å². The standard InChI is InChI=1S/C16H13ClN2O5/c17-14-3-1-2-11(9-14)12(6-7-20)8-13-4-5-15(18(21)22)10-16(13)19(23)24/h1-5,7,9-10,12H,6,8H2/t12-/m1/s1. The molecule has 0 aromatic heterocycles. The molecule has 2 rings (SSSR count). The van der Waals surface area contributed by atoms with Gasteiger partial charge in [0.1, 0.15) is 6.29 Å². The highest BCUT2D eigenvalue weighted by Crippen LogP contribution is 2.31. The number of hydrogen-bond donors (Lipinski definition) is 0. The van der Waals surface area contributed by atoms with Crippen LogP contribution in [0, 0.1) is 20.2 Å². The fourth-order valence-electron chi connectivity index (χ4n) is 2.49. The highest BCUT2D eigenvalue weighted by molar-refractivity contribution is 6.30. The van der Waals surface area contributed by atoms with Crippen LogP contribution >= 0.6 is 11.6 Å². The molecule has 8 heteroatoms. The van der Waals surface area contributed by atoms with Gasteiger partial charge in [0.05, 0.1) is 15.9 Å². The third kappa shape index (κ3) is 4.14. The Labute approximate surface area is 142 Å². The molecule has 24 heavy (non-hydrogen) atoms. The van der Waals surface area contributed by atoms with Gasteiger partial charge in [0.25, 0.3) is 11.4 Å². The SMILES string of the molecule is O=CC[C@H](Cc1ccc([N+](=O)[O-])cc1[N+](=O)[O-])c1cccc(Cl)c1. The van der Waals surface area contributed by atoms with Crippen molar-refractivity contribution in [3.8, 4) is 0 Å². The molecule has 0 unspecified atom stereocenters. The van der Waals surface area contributed by atoms with E-state index in [1.54, 1.807) is 24.3 Å². The summed E-state index contributed by atoms with van der Waals surface area (Å²) in [6, 6.07) is 10.4. The van der Waals surface area contributed by atoms with Gasteiger partial charge in [-0.05, 0) is 36.1 Å². The molecule has 0 N–H and O–H groups in total. The molecule has 0 aliphatic heterocycles. The van der Waals surface area contributed by atoms with Gasteiger partial charge >= 0.3 is 0 Å².